The number of nitrogens with zero attached hydrogens (tertiary/aromatic N) is 1. The van der Waals surface area contributed by atoms with Crippen LogP contribution in [0.2, 0.25) is 0 Å². The second kappa shape index (κ2) is 2.57. The molecular weight excluding hydrogens is 154 g/mol. The number of hydrogen-bond acceptors (Lipinski definition) is 2. The first kappa shape index (κ1) is 9.23. The van der Waals surface area contributed by atoms with Crippen LogP contribution in [0.5, 0.6) is 0 Å². The zero-order chi connectivity index (χ0) is 9.52. The van der Waals surface area contributed by atoms with E-state index in [0.717, 1.165) is 0 Å². The molecule has 0 spiro atoms. The van der Waals surface area contributed by atoms with Crippen LogP contribution in [0.1, 0.15) is 27.2 Å². The van der Waals surface area contributed by atoms with Crippen LogP contribution in [0.3, 0.4) is 0 Å². The molecule has 1 radical (unpaired) electrons. The molecule has 1 fully saturated rings. The van der Waals surface area contributed by atoms with Crippen LogP contribution in [0.4, 0.5) is 0 Å². The summed E-state index contributed by atoms with van der Waals surface area (Å²) in [4.78, 5) is 24.1. The summed E-state index contributed by atoms with van der Waals surface area (Å²) in [5.74, 6) is -0.206. The molecule has 0 N–H and O–H groups in total. The second-order valence-electron chi connectivity index (χ2n) is 3.98. The number of amides is 2. The summed E-state index contributed by atoms with van der Waals surface area (Å²) in [7, 11) is 0. The predicted molar refractivity (Wildman–Crippen MR) is 45.1 cm³/mol. The maximum absolute atomic E-state index is 11.5. The van der Waals surface area contributed by atoms with Crippen molar-refractivity contribution in [2.45, 2.75) is 33.2 Å². The van der Waals surface area contributed by atoms with Crippen molar-refractivity contribution in [3.63, 3.8) is 0 Å². The number of rotatable bonds is 1. The van der Waals surface area contributed by atoms with E-state index in [1.165, 1.54) is 4.90 Å². The van der Waals surface area contributed by atoms with Crippen molar-refractivity contribution in [1.82, 2.24) is 4.90 Å². The van der Waals surface area contributed by atoms with Gasteiger partial charge in [0.1, 0.15) is 0 Å². The molecule has 1 aliphatic heterocycles. The van der Waals surface area contributed by atoms with Gasteiger partial charge in [0.25, 0.3) is 0 Å². The second-order valence-corrected chi connectivity index (χ2v) is 3.98. The number of likely N-dealkylation sites (tertiary alicyclic amines) is 1. The van der Waals surface area contributed by atoms with E-state index >= 15 is 0 Å². The summed E-state index contributed by atoms with van der Waals surface area (Å²) >= 11 is 0. The highest BCUT2D eigenvalue weighted by molar-refractivity contribution is 6.05. The fourth-order valence-electron chi connectivity index (χ4n) is 1.42. The zero-order valence-corrected chi connectivity index (χ0v) is 7.76. The number of hydrogen-bond donors (Lipinski definition) is 0. The highest BCUT2D eigenvalue weighted by Crippen LogP contribution is 2.32. The molecule has 0 unspecified atom stereocenters. The van der Waals surface area contributed by atoms with Crippen LogP contribution in [-0.4, -0.2) is 22.8 Å². The highest BCUT2D eigenvalue weighted by atomic mass is 16.2. The van der Waals surface area contributed by atoms with Gasteiger partial charge >= 0.3 is 0 Å². The molecule has 0 saturated carbocycles. The lowest BCUT2D eigenvalue weighted by atomic mass is 9.92. The van der Waals surface area contributed by atoms with Crippen molar-refractivity contribution in [1.29, 1.82) is 0 Å². The minimum absolute atomic E-state index is 0.102. The molecule has 0 aromatic carbocycles. The molecule has 3 heteroatoms. The molecule has 12 heavy (non-hydrogen) atoms. The Labute approximate surface area is 72.7 Å². The maximum atomic E-state index is 11.5. The van der Waals surface area contributed by atoms with Gasteiger partial charge in [-0.1, -0.05) is 13.8 Å². The van der Waals surface area contributed by atoms with Crippen molar-refractivity contribution in [3.05, 3.63) is 6.92 Å². The fourth-order valence-corrected chi connectivity index (χ4v) is 1.42. The van der Waals surface area contributed by atoms with Crippen LogP contribution in [0.25, 0.3) is 0 Å². The van der Waals surface area contributed by atoms with Gasteiger partial charge in [-0.25, -0.2) is 0 Å². The van der Waals surface area contributed by atoms with Gasteiger partial charge in [-0.05, 0) is 13.8 Å². The van der Waals surface area contributed by atoms with Crippen molar-refractivity contribution < 1.29 is 9.59 Å². The Kier molecular flexibility index (Phi) is 1.98. The molecule has 1 heterocycles. The Bertz CT molecular complexity index is 231. The Morgan fingerprint density at radius 1 is 1.50 bits per heavy atom. The summed E-state index contributed by atoms with van der Waals surface area (Å²) < 4.78 is 0. The smallest absolute Gasteiger partial charge is 0.235 e. The first-order valence-electron chi connectivity index (χ1n) is 4.06. The van der Waals surface area contributed by atoms with Gasteiger partial charge in [0, 0.05) is 12.5 Å². The summed E-state index contributed by atoms with van der Waals surface area (Å²) in [5, 5.41) is 0. The van der Waals surface area contributed by atoms with Gasteiger partial charge in [0.05, 0.1) is 5.41 Å². The molecule has 1 atom stereocenters. The monoisotopic (exact) mass is 168 g/mol. The molecule has 0 aromatic rings. The number of carbonyl (C=O) groups excluding carboxylic acids is 2. The lowest BCUT2D eigenvalue weighted by Gasteiger charge is -2.20. The van der Waals surface area contributed by atoms with E-state index < -0.39 is 5.41 Å². The van der Waals surface area contributed by atoms with E-state index in [9.17, 15) is 9.59 Å². The molecule has 0 bridgehead atoms. The van der Waals surface area contributed by atoms with Crippen LogP contribution in [0.15, 0.2) is 0 Å². The van der Waals surface area contributed by atoms with E-state index in [0.29, 0.717) is 6.42 Å². The van der Waals surface area contributed by atoms with Crippen molar-refractivity contribution in [3.8, 4) is 0 Å². The first-order valence-corrected chi connectivity index (χ1v) is 4.06. The molecule has 1 aliphatic rings. The van der Waals surface area contributed by atoms with Crippen molar-refractivity contribution in [2.24, 2.45) is 5.41 Å². The number of carbonyl (C=O) groups is 2. The SMILES string of the molecule is [CH2][C@@H](C)N1C(=O)CC(C)(C)C1=O. The third kappa shape index (κ3) is 1.24. The summed E-state index contributed by atoms with van der Waals surface area (Å²) in [6.07, 6.45) is 0.311. The Morgan fingerprint density at radius 3 is 2.17 bits per heavy atom. The Morgan fingerprint density at radius 2 is 2.00 bits per heavy atom. The van der Waals surface area contributed by atoms with E-state index in [1.807, 2.05) is 0 Å². The third-order valence-corrected chi connectivity index (χ3v) is 2.10. The zero-order valence-electron chi connectivity index (χ0n) is 7.76. The molecule has 1 saturated heterocycles. The minimum atomic E-state index is -0.525. The third-order valence-electron chi connectivity index (χ3n) is 2.10. The Hall–Kier alpha value is -0.860. The molecular formula is C9H14NO2. The number of imide groups is 1. The van der Waals surface area contributed by atoms with Gasteiger partial charge in [-0.15, -0.1) is 0 Å². The molecule has 0 aromatic heterocycles. The molecule has 67 valence electrons. The van der Waals surface area contributed by atoms with Crippen molar-refractivity contribution >= 4 is 11.8 Å². The lowest BCUT2D eigenvalue weighted by Crippen LogP contribution is -2.38. The summed E-state index contributed by atoms with van der Waals surface area (Å²) in [6.45, 7) is 8.99. The molecule has 3 nitrogen and oxygen atoms in total. The first-order chi connectivity index (χ1) is 5.36. The standard InChI is InChI=1S/C9H14NO2/c1-6(2)10-7(11)5-9(3,4)8(10)12/h6H,1,5H2,2-4H3/t6-/m0/s1. The minimum Gasteiger partial charge on any atom is -0.279 e. The van der Waals surface area contributed by atoms with Gasteiger partial charge in [-0.3, -0.25) is 14.5 Å². The molecule has 0 aliphatic carbocycles. The maximum Gasteiger partial charge on any atom is 0.235 e. The fraction of sp³-hybridized carbons (Fsp3) is 0.667. The topological polar surface area (TPSA) is 37.4 Å². The van der Waals surface area contributed by atoms with Crippen LogP contribution >= 0.6 is 0 Å². The normalized spacial score (nSPS) is 22.6. The van der Waals surface area contributed by atoms with Crippen LogP contribution in [-0.2, 0) is 9.59 Å². The van der Waals surface area contributed by atoms with Gasteiger partial charge in [0.2, 0.25) is 11.8 Å². The Balaban J connectivity index is 2.93. The van der Waals surface area contributed by atoms with E-state index in [1.54, 1.807) is 20.8 Å². The summed E-state index contributed by atoms with van der Waals surface area (Å²) in [5.41, 5.74) is -0.525. The molecule has 1 rings (SSSR count). The average molecular weight is 168 g/mol. The summed E-state index contributed by atoms with van der Waals surface area (Å²) in [6, 6.07) is -0.258. The van der Waals surface area contributed by atoms with E-state index in [2.05, 4.69) is 6.92 Å². The average Bonchev–Trinajstić information content (AvgIpc) is 2.02. The van der Waals surface area contributed by atoms with Crippen molar-refractivity contribution in [2.75, 3.05) is 0 Å². The predicted octanol–water partition coefficient (Wildman–Crippen LogP) is 0.994. The van der Waals surface area contributed by atoms with Crippen LogP contribution in [0, 0.1) is 12.3 Å². The lowest BCUT2D eigenvalue weighted by molar-refractivity contribution is -0.142. The van der Waals surface area contributed by atoms with Gasteiger partial charge in [0.15, 0.2) is 0 Å². The van der Waals surface area contributed by atoms with Gasteiger partial charge < -0.3 is 0 Å². The largest absolute Gasteiger partial charge is 0.279 e. The highest BCUT2D eigenvalue weighted by Gasteiger charge is 2.45. The van der Waals surface area contributed by atoms with Gasteiger partial charge in [-0.2, -0.15) is 0 Å². The van der Waals surface area contributed by atoms with E-state index in [-0.39, 0.29) is 17.9 Å². The molecule has 2 amide bonds. The quantitative estimate of drug-likeness (QED) is 0.548. The van der Waals surface area contributed by atoms with E-state index in [4.69, 9.17) is 0 Å². The van der Waals surface area contributed by atoms with Crippen LogP contribution < -0.4 is 0 Å².